The fourth-order valence-electron chi connectivity index (χ4n) is 3.10. The van der Waals surface area contributed by atoms with E-state index in [1.165, 1.54) is 6.20 Å². The number of anilines is 1. The number of aromatic nitrogens is 1. The first-order chi connectivity index (χ1) is 11.6. The first-order valence-corrected chi connectivity index (χ1v) is 10.0. The summed E-state index contributed by atoms with van der Waals surface area (Å²) in [7, 11) is -3.48. The van der Waals surface area contributed by atoms with Gasteiger partial charge in [0.2, 0.25) is 10.0 Å². The lowest BCUT2D eigenvalue weighted by Crippen LogP contribution is -2.32. The molecule has 130 valence electrons. The van der Waals surface area contributed by atoms with Gasteiger partial charge in [-0.15, -0.1) is 0 Å². The van der Waals surface area contributed by atoms with Crippen LogP contribution in [0, 0.1) is 5.92 Å². The van der Waals surface area contributed by atoms with Crippen molar-refractivity contribution in [1.82, 2.24) is 9.71 Å². The van der Waals surface area contributed by atoms with Crippen molar-refractivity contribution in [2.75, 3.05) is 5.43 Å². The van der Waals surface area contributed by atoms with Crippen molar-refractivity contribution < 1.29 is 8.42 Å². The number of hydrazone groups is 1. The van der Waals surface area contributed by atoms with Gasteiger partial charge in [0.25, 0.3) is 0 Å². The van der Waals surface area contributed by atoms with Crippen molar-refractivity contribution >= 4 is 22.1 Å². The molecule has 0 saturated heterocycles. The molecule has 2 aliphatic rings. The summed E-state index contributed by atoms with van der Waals surface area (Å²) in [6.45, 7) is 0. The van der Waals surface area contributed by atoms with Crippen LogP contribution in [0.5, 0.6) is 0 Å². The average Bonchev–Trinajstić information content (AvgIpc) is 3.09. The SMILES string of the molecule is O=S(=O)(NC1CCCC1)c1ccc(N/N=C\C2CC=CCC2)nc1. The highest BCUT2D eigenvalue weighted by molar-refractivity contribution is 7.89. The topological polar surface area (TPSA) is 83.5 Å². The number of hydrogen-bond acceptors (Lipinski definition) is 5. The number of nitrogens with one attached hydrogen (secondary N) is 2. The second-order valence-corrected chi connectivity index (χ2v) is 8.13. The minimum Gasteiger partial charge on any atom is -0.262 e. The zero-order valence-corrected chi connectivity index (χ0v) is 14.5. The lowest BCUT2D eigenvalue weighted by molar-refractivity contribution is 0.552. The van der Waals surface area contributed by atoms with E-state index in [1.807, 2.05) is 6.21 Å². The third kappa shape index (κ3) is 4.64. The highest BCUT2D eigenvalue weighted by Crippen LogP contribution is 2.20. The second-order valence-electron chi connectivity index (χ2n) is 6.42. The standard InChI is InChI=1S/C17H24N4O2S/c22-24(23,21-15-8-4-5-9-15)16-10-11-17(18-13-16)20-19-12-14-6-2-1-3-7-14/h1-2,10-15,21H,3-9H2,(H,18,20)/b19-12-. The molecule has 7 heteroatoms. The van der Waals surface area contributed by atoms with Crippen LogP contribution in [0.2, 0.25) is 0 Å². The third-order valence-electron chi connectivity index (χ3n) is 4.50. The molecular formula is C17H24N4O2S. The van der Waals surface area contributed by atoms with Crippen molar-refractivity contribution in [3.8, 4) is 0 Å². The van der Waals surface area contributed by atoms with E-state index in [0.717, 1.165) is 44.9 Å². The summed E-state index contributed by atoms with van der Waals surface area (Å²) in [5.41, 5.74) is 2.86. The Hall–Kier alpha value is -1.73. The van der Waals surface area contributed by atoms with E-state index in [1.54, 1.807) is 12.1 Å². The molecule has 1 heterocycles. The van der Waals surface area contributed by atoms with Crippen LogP contribution in [0.4, 0.5) is 5.82 Å². The van der Waals surface area contributed by atoms with Crippen molar-refractivity contribution in [3.63, 3.8) is 0 Å². The van der Waals surface area contributed by atoms with Crippen molar-refractivity contribution in [2.24, 2.45) is 11.0 Å². The predicted octanol–water partition coefficient (Wildman–Crippen LogP) is 3.06. The molecule has 2 aliphatic carbocycles. The summed E-state index contributed by atoms with van der Waals surface area (Å²) in [6.07, 6.45) is 14.9. The molecular weight excluding hydrogens is 324 g/mol. The Morgan fingerprint density at radius 3 is 2.67 bits per heavy atom. The fraction of sp³-hybridized carbons (Fsp3) is 0.529. The summed E-state index contributed by atoms with van der Waals surface area (Å²) in [5.74, 6) is 0.996. The third-order valence-corrected chi connectivity index (χ3v) is 6.00. The van der Waals surface area contributed by atoms with Gasteiger partial charge >= 0.3 is 0 Å². The normalized spacial score (nSPS) is 22.2. The number of hydrogen-bond donors (Lipinski definition) is 2. The zero-order chi connectivity index (χ0) is 16.8. The first-order valence-electron chi connectivity index (χ1n) is 8.56. The maximum Gasteiger partial charge on any atom is 0.242 e. The van der Waals surface area contributed by atoms with Gasteiger partial charge in [0.05, 0.1) is 0 Å². The Balaban J connectivity index is 1.56. The van der Waals surface area contributed by atoms with Gasteiger partial charge < -0.3 is 0 Å². The second kappa shape index (κ2) is 7.90. The van der Waals surface area contributed by atoms with Crippen molar-refractivity contribution in [1.29, 1.82) is 0 Å². The average molecular weight is 348 g/mol. The highest BCUT2D eigenvalue weighted by Gasteiger charge is 2.23. The van der Waals surface area contributed by atoms with Crippen LogP contribution in [-0.4, -0.2) is 25.7 Å². The monoisotopic (exact) mass is 348 g/mol. The molecule has 1 saturated carbocycles. The Bertz CT molecular complexity index is 692. The van der Waals surface area contributed by atoms with Crippen LogP contribution in [0.3, 0.4) is 0 Å². The summed E-state index contributed by atoms with van der Waals surface area (Å²) in [5, 5.41) is 4.20. The number of sulfonamides is 1. The molecule has 0 aliphatic heterocycles. The summed E-state index contributed by atoms with van der Waals surface area (Å²) < 4.78 is 27.4. The van der Waals surface area contributed by atoms with Gasteiger partial charge in [0.1, 0.15) is 10.7 Å². The fourth-order valence-corrected chi connectivity index (χ4v) is 4.35. The number of rotatable bonds is 6. The van der Waals surface area contributed by atoms with Crippen LogP contribution < -0.4 is 10.1 Å². The molecule has 3 rings (SSSR count). The summed E-state index contributed by atoms with van der Waals surface area (Å²) in [6, 6.07) is 3.26. The molecule has 6 nitrogen and oxygen atoms in total. The zero-order valence-electron chi connectivity index (χ0n) is 13.7. The molecule has 1 aromatic rings. The first kappa shape index (κ1) is 17.1. The van der Waals surface area contributed by atoms with E-state index in [9.17, 15) is 8.42 Å². The number of nitrogens with zero attached hydrogens (tertiary/aromatic N) is 2. The maximum absolute atomic E-state index is 12.3. The van der Waals surface area contributed by atoms with Gasteiger partial charge in [-0.05, 0) is 50.2 Å². The molecule has 0 spiro atoms. The molecule has 2 N–H and O–H groups in total. The van der Waals surface area contributed by atoms with Gasteiger partial charge in [-0.1, -0.05) is 25.0 Å². The van der Waals surface area contributed by atoms with Crippen molar-refractivity contribution in [3.05, 3.63) is 30.5 Å². The highest BCUT2D eigenvalue weighted by atomic mass is 32.2. The van der Waals surface area contributed by atoms with Crippen LogP contribution >= 0.6 is 0 Å². The maximum atomic E-state index is 12.3. The molecule has 0 bridgehead atoms. The predicted molar refractivity (Wildman–Crippen MR) is 95.4 cm³/mol. The molecule has 1 unspecified atom stereocenters. The van der Waals surface area contributed by atoms with E-state index in [2.05, 4.69) is 32.4 Å². The smallest absolute Gasteiger partial charge is 0.242 e. The van der Waals surface area contributed by atoms with Crippen LogP contribution in [-0.2, 0) is 10.0 Å². The quantitative estimate of drug-likeness (QED) is 0.470. The molecule has 1 atom stereocenters. The molecule has 24 heavy (non-hydrogen) atoms. The summed E-state index contributed by atoms with van der Waals surface area (Å²) in [4.78, 5) is 4.34. The van der Waals surface area contributed by atoms with Crippen molar-refractivity contribution in [2.45, 2.75) is 55.9 Å². The number of pyridine rings is 1. The molecule has 1 fully saturated rings. The van der Waals surface area contributed by atoms with Gasteiger partial charge in [0, 0.05) is 18.5 Å². The van der Waals surface area contributed by atoms with Crippen LogP contribution in [0.15, 0.2) is 40.5 Å². The Kier molecular flexibility index (Phi) is 5.63. The Morgan fingerprint density at radius 2 is 2.00 bits per heavy atom. The lowest BCUT2D eigenvalue weighted by atomic mass is 9.96. The minimum atomic E-state index is -3.48. The van der Waals surface area contributed by atoms with Gasteiger partial charge in [-0.25, -0.2) is 18.1 Å². The van der Waals surface area contributed by atoms with Gasteiger partial charge in [-0.2, -0.15) is 5.10 Å². The van der Waals surface area contributed by atoms with E-state index < -0.39 is 10.0 Å². The molecule has 0 radical (unpaired) electrons. The van der Waals surface area contributed by atoms with Crippen LogP contribution in [0.1, 0.15) is 44.9 Å². The van der Waals surface area contributed by atoms with E-state index in [-0.39, 0.29) is 10.9 Å². The van der Waals surface area contributed by atoms with E-state index in [4.69, 9.17) is 0 Å². The largest absolute Gasteiger partial charge is 0.262 e. The molecule has 0 amide bonds. The van der Waals surface area contributed by atoms with Gasteiger partial charge in [0.15, 0.2) is 0 Å². The Morgan fingerprint density at radius 1 is 1.17 bits per heavy atom. The van der Waals surface area contributed by atoms with Crippen LogP contribution in [0.25, 0.3) is 0 Å². The van der Waals surface area contributed by atoms with Gasteiger partial charge in [-0.3, -0.25) is 5.43 Å². The van der Waals surface area contributed by atoms with E-state index in [0.29, 0.717) is 11.7 Å². The Labute approximate surface area is 143 Å². The summed E-state index contributed by atoms with van der Waals surface area (Å²) >= 11 is 0. The lowest BCUT2D eigenvalue weighted by Gasteiger charge is -2.13. The molecule has 1 aromatic heterocycles. The minimum absolute atomic E-state index is 0.0574. The molecule has 0 aromatic carbocycles. The van der Waals surface area contributed by atoms with E-state index >= 15 is 0 Å². The number of allylic oxidation sites excluding steroid dienone is 2.